The predicted octanol–water partition coefficient (Wildman–Crippen LogP) is 2.65. The molecule has 0 saturated carbocycles. The molecule has 120 valence electrons. The van der Waals surface area contributed by atoms with Gasteiger partial charge in [0, 0.05) is 19.1 Å². The van der Waals surface area contributed by atoms with Crippen molar-refractivity contribution in [2.75, 3.05) is 6.54 Å². The molecule has 0 aliphatic heterocycles. The first-order valence-corrected chi connectivity index (χ1v) is 8.72. The van der Waals surface area contributed by atoms with E-state index < -0.39 is 15.8 Å². The molecule has 0 spiro atoms. The van der Waals surface area contributed by atoms with Gasteiger partial charge in [0.25, 0.3) is 0 Å². The van der Waals surface area contributed by atoms with E-state index in [1.165, 1.54) is 12.1 Å². The van der Waals surface area contributed by atoms with Crippen LogP contribution in [-0.4, -0.2) is 21.0 Å². The fraction of sp³-hybridized carbons (Fsp3) is 0.600. The number of sulfonamides is 1. The number of benzene rings is 1. The molecule has 0 saturated heterocycles. The highest BCUT2D eigenvalue weighted by Gasteiger charge is 2.19. The lowest BCUT2D eigenvalue weighted by Crippen LogP contribution is -2.28. The van der Waals surface area contributed by atoms with Crippen molar-refractivity contribution in [1.82, 2.24) is 10.0 Å². The van der Waals surface area contributed by atoms with Crippen LogP contribution < -0.4 is 10.0 Å². The van der Waals surface area contributed by atoms with Crippen molar-refractivity contribution in [2.24, 2.45) is 5.92 Å². The van der Waals surface area contributed by atoms with Crippen molar-refractivity contribution >= 4 is 10.0 Å². The zero-order valence-electron chi connectivity index (χ0n) is 13.1. The van der Waals surface area contributed by atoms with Gasteiger partial charge in [-0.25, -0.2) is 17.5 Å². The third-order valence-corrected chi connectivity index (χ3v) is 4.58. The zero-order valence-corrected chi connectivity index (χ0v) is 13.9. The van der Waals surface area contributed by atoms with Crippen molar-refractivity contribution in [1.29, 1.82) is 0 Å². The fourth-order valence-electron chi connectivity index (χ4n) is 1.80. The lowest BCUT2D eigenvalue weighted by Gasteiger charge is -2.14. The molecule has 0 amide bonds. The van der Waals surface area contributed by atoms with Crippen LogP contribution in [0.5, 0.6) is 0 Å². The Hall–Kier alpha value is -0.980. The Labute approximate surface area is 127 Å². The van der Waals surface area contributed by atoms with Gasteiger partial charge in [0.15, 0.2) is 0 Å². The minimum Gasteiger partial charge on any atom is -0.310 e. The van der Waals surface area contributed by atoms with E-state index in [4.69, 9.17) is 0 Å². The van der Waals surface area contributed by atoms with Gasteiger partial charge in [-0.15, -0.1) is 0 Å². The van der Waals surface area contributed by atoms with Gasteiger partial charge >= 0.3 is 0 Å². The number of nitrogens with one attached hydrogen (secondary N) is 2. The minimum atomic E-state index is -3.69. The third-order valence-electron chi connectivity index (χ3n) is 3.03. The fourth-order valence-corrected chi connectivity index (χ4v) is 3.09. The summed E-state index contributed by atoms with van der Waals surface area (Å²) in [4.78, 5) is 0.0133. The molecule has 1 aromatic carbocycles. The lowest BCUT2D eigenvalue weighted by molar-refractivity contribution is 0.545. The molecule has 6 heteroatoms. The minimum absolute atomic E-state index is 0.0133. The lowest BCUT2D eigenvalue weighted by atomic mass is 10.1. The average Bonchev–Trinajstić information content (AvgIpc) is 2.36. The van der Waals surface area contributed by atoms with E-state index in [1.54, 1.807) is 0 Å². The van der Waals surface area contributed by atoms with Gasteiger partial charge in [0.1, 0.15) is 5.82 Å². The van der Waals surface area contributed by atoms with Gasteiger partial charge in [-0.3, -0.25) is 0 Å². The summed E-state index contributed by atoms with van der Waals surface area (Å²) in [6.45, 7) is 8.73. The van der Waals surface area contributed by atoms with E-state index >= 15 is 0 Å². The Morgan fingerprint density at radius 1 is 1.19 bits per heavy atom. The second-order valence-electron chi connectivity index (χ2n) is 5.87. The van der Waals surface area contributed by atoms with Crippen molar-refractivity contribution in [3.8, 4) is 0 Å². The van der Waals surface area contributed by atoms with Crippen LogP contribution in [0.25, 0.3) is 0 Å². The van der Waals surface area contributed by atoms with E-state index in [0.29, 0.717) is 24.6 Å². The Bertz CT molecular complexity index is 557. The molecule has 4 nitrogen and oxygen atoms in total. The maximum absolute atomic E-state index is 13.4. The largest absolute Gasteiger partial charge is 0.310 e. The Balaban J connectivity index is 2.94. The van der Waals surface area contributed by atoms with Crippen LogP contribution >= 0.6 is 0 Å². The average molecular weight is 316 g/mol. The molecule has 0 aliphatic rings. The molecule has 0 radical (unpaired) electrons. The summed E-state index contributed by atoms with van der Waals surface area (Å²) in [5.74, 6) is -0.144. The van der Waals surface area contributed by atoms with Crippen LogP contribution in [0.15, 0.2) is 23.1 Å². The Kier molecular flexibility index (Phi) is 6.77. The second-order valence-corrected chi connectivity index (χ2v) is 7.60. The first kappa shape index (κ1) is 18.1. The van der Waals surface area contributed by atoms with Gasteiger partial charge in [-0.2, -0.15) is 0 Å². The molecule has 0 atom stereocenters. The molecule has 0 aliphatic carbocycles. The summed E-state index contributed by atoms with van der Waals surface area (Å²) < 4.78 is 40.6. The zero-order chi connectivity index (χ0) is 16.0. The standard InChI is InChI=1S/C15H25FN2O2S/c1-11(2)7-8-18-21(19,20)15-9-14(16)6-5-13(15)10-17-12(3)4/h5-6,9,11-12,17-18H,7-8,10H2,1-4H3. The SMILES string of the molecule is CC(C)CCNS(=O)(=O)c1cc(F)ccc1CNC(C)C. The maximum Gasteiger partial charge on any atom is 0.240 e. The monoisotopic (exact) mass is 316 g/mol. The molecule has 1 aromatic rings. The molecule has 0 unspecified atom stereocenters. The van der Waals surface area contributed by atoms with Gasteiger partial charge in [0.2, 0.25) is 10.0 Å². The summed E-state index contributed by atoms with van der Waals surface area (Å²) in [7, 11) is -3.69. The molecule has 1 rings (SSSR count). The Morgan fingerprint density at radius 2 is 1.86 bits per heavy atom. The van der Waals surface area contributed by atoms with Crippen LogP contribution in [0, 0.1) is 11.7 Å². The summed E-state index contributed by atoms with van der Waals surface area (Å²) >= 11 is 0. The van der Waals surface area contributed by atoms with Crippen LogP contribution in [0.4, 0.5) is 4.39 Å². The van der Waals surface area contributed by atoms with Crippen molar-refractivity contribution in [2.45, 2.75) is 51.6 Å². The van der Waals surface area contributed by atoms with Crippen LogP contribution in [0.2, 0.25) is 0 Å². The van der Waals surface area contributed by atoms with Crippen molar-refractivity contribution < 1.29 is 12.8 Å². The first-order chi connectivity index (χ1) is 9.72. The summed E-state index contributed by atoms with van der Waals surface area (Å²) in [6, 6.07) is 4.10. The highest BCUT2D eigenvalue weighted by Crippen LogP contribution is 2.17. The predicted molar refractivity (Wildman–Crippen MR) is 83.0 cm³/mol. The molecule has 0 heterocycles. The van der Waals surface area contributed by atoms with Crippen molar-refractivity contribution in [3.05, 3.63) is 29.6 Å². The molecule has 2 N–H and O–H groups in total. The van der Waals surface area contributed by atoms with Gasteiger partial charge in [-0.1, -0.05) is 33.8 Å². The van der Waals surface area contributed by atoms with Crippen LogP contribution in [-0.2, 0) is 16.6 Å². The maximum atomic E-state index is 13.4. The van der Waals surface area contributed by atoms with E-state index in [9.17, 15) is 12.8 Å². The van der Waals surface area contributed by atoms with Crippen LogP contribution in [0.1, 0.15) is 39.7 Å². The van der Waals surface area contributed by atoms with E-state index in [-0.39, 0.29) is 10.9 Å². The normalized spacial score (nSPS) is 12.3. The molecule has 0 fully saturated rings. The topological polar surface area (TPSA) is 58.2 Å². The molecular formula is C15H25FN2O2S. The van der Waals surface area contributed by atoms with Crippen molar-refractivity contribution in [3.63, 3.8) is 0 Å². The van der Waals surface area contributed by atoms with E-state index in [0.717, 1.165) is 12.5 Å². The first-order valence-electron chi connectivity index (χ1n) is 7.24. The highest BCUT2D eigenvalue weighted by atomic mass is 32.2. The van der Waals surface area contributed by atoms with Crippen LogP contribution in [0.3, 0.4) is 0 Å². The number of hydrogen-bond donors (Lipinski definition) is 2. The summed E-state index contributed by atoms with van der Waals surface area (Å²) in [5.41, 5.74) is 0.571. The smallest absolute Gasteiger partial charge is 0.240 e. The quantitative estimate of drug-likeness (QED) is 0.775. The van der Waals surface area contributed by atoms with E-state index in [2.05, 4.69) is 10.0 Å². The highest BCUT2D eigenvalue weighted by molar-refractivity contribution is 7.89. The number of hydrogen-bond acceptors (Lipinski definition) is 3. The Morgan fingerprint density at radius 3 is 2.43 bits per heavy atom. The summed E-state index contributed by atoms with van der Waals surface area (Å²) in [6.07, 6.45) is 0.744. The second kappa shape index (κ2) is 7.87. The van der Waals surface area contributed by atoms with Gasteiger partial charge in [-0.05, 0) is 30.0 Å². The molecule has 0 aromatic heterocycles. The molecule has 21 heavy (non-hydrogen) atoms. The molecule has 0 bridgehead atoms. The number of halogens is 1. The molecular weight excluding hydrogens is 291 g/mol. The summed E-state index contributed by atoms with van der Waals surface area (Å²) in [5, 5.41) is 3.15. The van der Waals surface area contributed by atoms with Gasteiger partial charge < -0.3 is 5.32 Å². The number of rotatable bonds is 8. The third kappa shape index (κ3) is 6.11. The van der Waals surface area contributed by atoms with E-state index in [1.807, 2.05) is 27.7 Å². The van der Waals surface area contributed by atoms with Gasteiger partial charge in [0.05, 0.1) is 4.90 Å².